The van der Waals surface area contributed by atoms with E-state index in [1.165, 1.54) is 5.39 Å². The monoisotopic (exact) mass is 463 g/mol. The van der Waals surface area contributed by atoms with Gasteiger partial charge < -0.3 is 14.0 Å². The average molecular weight is 464 g/mol. The Bertz CT molecular complexity index is 1500. The highest BCUT2D eigenvalue weighted by Crippen LogP contribution is 2.37. The fourth-order valence-corrected chi connectivity index (χ4v) is 4.74. The minimum Gasteiger partial charge on any atom is -0.494 e. The summed E-state index contributed by atoms with van der Waals surface area (Å²) in [6.07, 6.45) is 0.755. The quantitative estimate of drug-likeness (QED) is 0.178. The molecule has 0 spiro atoms. The van der Waals surface area contributed by atoms with E-state index in [9.17, 15) is 4.79 Å². The molecule has 4 aromatic carbocycles. The minimum atomic E-state index is -0.294. The summed E-state index contributed by atoms with van der Waals surface area (Å²) in [4.78, 5) is 13.2. The van der Waals surface area contributed by atoms with Gasteiger partial charge in [0.05, 0.1) is 13.2 Å². The first-order valence-electron chi connectivity index (χ1n) is 12.1. The molecule has 0 aliphatic rings. The van der Waals surface area contributed by atoms with Crippen molar-refractivity contribution in [3.63, 3.8) is 0 Å². The molecule has 0 radical (unpaired) electrons. The van der Waals surface area contributed by atoms with Crippen molar-refractivity contribution in [3.05, 3.63) is 102 Å². The molecule has 0 atom stereocenters. The second kappa shape index (κ2) is 10.1. The van der Waals surface area contributed by atoms with E-state index in [0.717, 1.165) is 45.1 Å². The van der Waals surface area contributed by atoms with Crippen molar-refractivity contribution >= 4 is 27.6 Å². The smallest absolute Gasteiger partial charge is 0.355 e. The first kappa shape index (κ1) is 22.7. The molecule has 1 heterocycles. The Morgan fingerprint density at radius 1 is 0.857 bits per heavy atom. The normalized spacial score (nSPS) is 11.1. The van der Waals surface area contributed by atoms with Crippen LogP contribution in [-0.2, 0) is 11.3 Å². The van der Waals surface area contributed by atoms with Crippen LogP contribution >= 0.6 is 0 Å². The molecule has 0 unspecified atom stereocenters. The van der Waals surface area contributed by atoms with Crippen LogP contribution in [0.25, 0.3) is 32.8 Å². The van der Waals surface area contributed by atoms with Crippen molar-refractivity contribution in [2.24, 2.45) is 0 Å². The number of ether oxygens (including phenoxy) is 2. The molecule has 0 fully saturated rings. The van der Waals surface area contributed by atoms with Crippen LogP contribution in [0.5, 0.6) is 5.75 Å². The minimum absolute atomic E-state index is 0.294. The van der Waals surface area contributed by atoms with Crippen LogP contribution in [0.1, 0.15) is 29.4 Å². The molecule has 5 aromatic rings. The van der Waals surface area contributed by atoms with E-state index in [0.29, 0.717) is 25.5 Å². The lowest BCUT2D eigenvalue weighted by molar-refractivity contribution is 0.0515. The molecule has 0 saturated heterocycles. The fourth-order valence-electron chi connectivity index (χ4n) is 4.74. The largest absolute Gasteiger partial charge is 0.494 e. The third-order valence-electron chi connectivity index (χ3n) is 6.37. The Kier molecular flexibility index (Phi) is 6.53. The van der Waals surface area contributed by atoms with Gasteiger partial charge in [-0.2, -0.15) is 0 Å². The standard InChI is InChI=1S/C31H29NO3/c1-3-34-31(33)30-29(26-14-7-4-11-22(26)2)27-15-8-9-16-28(27)32(30)19-10-20-35-25-18-17-23-12-5-6-13-24(23)21-25/h4-9,11-18,21H,3,10,19-20H2,1-2H3. The molecule has 0 amide bonds. The van der Waals surface area contributed by atoms with Crippen molar-refractivity contribution in [2.45, 2.75) is 26.8 Å². The first-order chi connectivity index (χ1) is 17.2. The van der Waals surface area contributed by atoms with Crippen molar-refractivity contribution in [1.29, 1.82) is 0 Å². The number of aromatic nitrogens is 1. The van der Waals surface area contributed by atoms with Gasteiger partial charge in [-0.05, 0) is 60.4 Å². The van der Waals surface area contributed by atoms with Crippen LogP contribution in [-0.4, -0.2) is 23.8 Å². The Hall–Kier alpha value is -4.05. The number of benzene rings is 4. The van der Waals surface area contributed by atoms with Gasteiger partial charge in [-0.3, -0.25) is 0 Å². The Labute approximate surface area is 205 Å². The number of fused-ring (bicyclic) bond motifs is 2. The molecule has 0 aliphatic carbocycles. The van der Waals surface area contributed by atoms with Crippen LogP contribution in [0.15, 0.2) is 91.0 Å². The molecule has 4 heteroatoms. The lowest BCUT2D eigenvalue weighted by Crippen LogP contribution is -2.15. The number of aryl methyl sites for hydroxylation is 2. The first-order valence-corrected chi connectivity index (χ1v) is 12.1. The number of rotatable bonds is 8. The Morgan fingerprint density at radius 3 is 2.43 bits per heavy atom. The van der Waals surface area contributed by atoms with E-state index >= 15 is 0 Å². The molecule has 0 saturated carbocycles. The van der Waals surface area contributed by atoms with Crippen LogP contribution in [0, 0.1) is 6.92 Å². The van der Waals surface area contributed by atoms with Gasteiger partial charge in [0.2, 0.25) is 0 Å². The number of hydrogen-bond acceptors (Lipinski definition) is 3. The number of carbonyl (C=O) groups excluding carboxylic acids is 1. The highest BCUT2D eigenvalue weighted by Gasteiger charge is 2.25. The number of para-hydroxylation sites is 1. The van der Waals surface area contributed by atoms with E-state index in [1.807, 2.05) is 49.4 Å². The molecule has 0 aliphatic heterocycles. The lowest BCUT2D eigenvalue weighted by Gasteiger charge is -2.13. The molecule has 4 nitrogen and oxygen atoms in total. The molecule has 5 rings (SSSR count). The van der Waals surface area contributed by atoms with Gasteiger partial charge in [0.25, 0.3) is 0 Å². The van der Waals surface area contributed by atoms with Gasteiger partial charge in [0.1, 0.15) is 11.4 Å². The summed E-state index contributed by atoms with van der Waals surface area (Å²) in [5.74, 6) is 0.560. The maximum atomic E-state index is 13.2. The van der Waals surface area contributed by atoms with Gasteiger partial charge in [0, 0.05) is 23.0 Å². The van der Waals surface area contributed by atoms with E-state index in [4.69, 9.17) is 9.47 Å². The third-order valence-corrected chi connectivity index (χ3v) is 6.37. The fraction of sp³-hybridized carbons (Fsp3) is 0.194. The van der Waals surface area contributed by atoms with E-state index in [1.54, 1.807) is 0 Å². The Morgan fingerprint density at radius 2 is 1.60 bits per heavy atom. The maximum absolute atomic E-state index is 13.2. The van der Waals surface area contributed by atoms with Crippen molar-refractivity contribution < 1.29 is 14.3 Å². The molecular weight excluding hydrogens is 434 g/mol. The molecule has 1 aromatic heterocycles. The summed E-state index contributed by atoms with van der Waals surface area (Å²) >= 11 is 0. The lowest BCUT2D eigenvalue weighted by atomic mass is 9.97. The predicted octanol–water partition coefficient (Wildman–Crippen LogP) is 7.42. The van der Waals surface area contributed by atoms with Crippen molar-refractivity contribution in [3.8, 4) is 16.9 Å². The summed E-state index contributed by atoms with van der Waals surface area (Å²) in [5, 5.41) is 3.41. The summed E-state index contributed by atoms with van der Waals surface area (Å²) in [7, 11) is 0. The molecular formula is C31H29NO3. The molecule has 35 heavy (non-hydrogen) atoms. The maximum Gasteiger partial charge on any atom is 0.355 e. The van der Waals surface area contributed by atoms with Gasteiger partial charge in [-0.1, -0.05) is 72.8 Å². The number of nitrogens with zero attached hydrogens (tertiary/aromatic N) is 1. The third kappa shape index (κ3) is 4.52. The average Bonchev–Trinajstić information content (AvgIpc) is 3.21. The number of carbonyl (C=O) groups is 1. The highest BCUT2D eigenvalue weighted by atomic mass is 16.5. The summed E-state index contributed by atoms with van der Waals surface area (Å²) < 4.78 is 13.7. The van der Waals surface area contributed by atoms with E-state index in [2.05, 4.69) is 60.0 Å². The van der Waals surface area contributed by atoms with E-state index in [-0.39, 0.29) is 5.97 Å². The van der Waals surface area contributed by atoms with Crippen molar-refractivity contribution in [1.82, 2.24) is 4.57 Å². The zero-order valence-electron chi connectivity index (χ0n) is 20.2. The Balaban J connectivity index is 1.46. The SMILES string of the molecule is CCOC(=O)c1c(-c2ccccc2C)c2ccccc2n1CCCOc1ccc2ccccc2c1. The van der Waals surface area contributed by atoms with Gasteiger partial charge in [-0.15, -0.1) is 0 Å². The van der Waals surface area contributed by atoms with Crippen LogP contribution < -0.4 is 4.74 Å². The molecule has 176 valence electrons. The zero-order valence-corrected chi connectivity index (χ0v) is 20.2. The second-order valence-electron chi connectivity index (χ2n) is 8.64. The van der Waals surface area contributed by atoms with E-state index < -0.39 is 0 Å². The number of hydrogen-bond donors (Lipinski definition) is 0. The zero-order chi connectivity index (χ0) is 24.2. The molecule has 0 N–H and O–H groups in total. The molecule has 0 bridgehead atoms. The number of esters is 1. The van der Waals surface area contributed by atoms with Crippen LogP contribution in [0.4, 0.5) is 0 Å². The summed E-state index contributed by atoms with van der Waals surface area (Å²) in [6.45, 7) is 5.45. The predicted molar refractivity (Wildman–Crippen MR) is 142 cm³/mol. The topological polar surface area (TPSA) is 40.5 Å². The van der Waals surface area contributed by atoms with Gasteiger partial charge in [-0.25, -0.2) is 4.79 Å². The summed E-state index contributed by atoms with van der Waals surface area (Å²) in [5.41, 5.74) is 4.75. The van der Waals surface area contributed by atoms with Crippen molar-refractivity contribution in [2.75, 3.05) is 13.2 Å². The summed E-state index contributed by atoms with van der Waals surface area (Å²) in [6, 6.07) is 30.8. The van der Waals surface area contributed by atoms with Gasteiger partial charge in [0.15, 0.2) is 0 Å². The second-order valence-corrected chi connectivity index (χ2v) is 8.64. The highest BCUT2D eigenvalue weighted by molar-refractivity contribution is 6.09. The van der Waals surface area contributed by atoms with Crippen LogP contribution in [0.2, 0.25) is 0 Å². The van der Waals surface area contributed by atoms with Gasteiger partial charge >= 0.3 is 5.97 Å². The van der Waals surface area contributed by atoms with Crippen LogP contribution in [0.3, 0.4) is 0 Å².